The van der Waals surface area contributed by atoms with Gasteiger partial charge in [-0.2, -0.15) is 0 Å². The van der Waals surface area contributed by atoms with E-state index >= 15 is 0 Å². The summed E-state index contributed by atoms with van der Waals surface area (Å²) in [6.45, 7) is 6.03. The molecular formula is C15H28O3. The highest BCUT2D eigenvalue weighted by atomic mass is 16.5. The molecule has 0 aromatic carbocycles. The average Bonchev–Trinajstić information content (AvgIpc) is 2.61. The number of aliphatic hydroxyl groups is 1. The fourth-order valence-electron chi connectivity index (χ4n) is 3.26. The zero-order valence-electron chi connectivity index (χ0n) is 12.2. The summed E-state index contributed by atoms with van der Waals surface area (Å²) in [7, 11) is 1.36. The molecule has 3 nitrogen and oxygen atoms in total. The summed E-state index contributed by atoms with van der Waals surface area (Å²) in [5.41, 5.74) is -1.31. The van der Waals surface area contributed by atoms with Crippen LogP contribution in [-0.2, 0) is 9.53 Å². The van der Waals surface area contributed by atoms with Crippen LogP contribution in [0.25, 0.3) is 0 Å². The Morgan fingerprint density at radius 1 is 1.33 bits per heavy atom. The van der Waals surface area contributed by atoms with Gasteiger partial charge in [0.15, 0.2) is 5.60 Å². The van der Waals surface area contributed by atoms with E-state index in [-0.39, 0.29) is 11.8 Å². The van der Waals surface area contributed by atoms with Gasteiger partial charge in [-0.1, -0.05) is 46.5 Å². The first-order valence-electron chi connectivity index (χ1n) is 7.27. The molecule has 0 spiro atoms. The molecule has 0 saturated heterocycles. The molecule has 3 atom stereocenters. The zero-order chi connectivity index (χ0) is 13.8. The van der Waals surface area contributed by atoms with E-state index in [0.29, 0.717) is 0 Å². The Kier molecular flexibility index (Phi) is 5.64. The van der Waals surface area contributed by atoms with Gasteiger partial charge in [-0.25, -0.2) is 4.79 Å². The molecule has 1 rings (SSSR count). The second kappa shape index (κ2) is 6.55. The topological polar surface area (TPSA) is 46.5 Å². The van der Waals surface area contributed by atoms with E-state index in [2.05, 4.69) is 6.92 Å². The Labute approximate surface area is 111 Å². The highest BCUT2D eigenvalue weighted by molar-refractivity contribution is 5.80. The van der Waals surface area contributed by atoms with Gasteiger partial charge in [-0.3, -0.25) is 0 Å². The summed E-state index contributed by atoms with van der Waals surface area (Å²) in [6.07, 6.45) is 6.51. The van der Waals surface area contributed by atoms with Crippen LogP contribution < -0.4 is 0 Å². The van der Waals surface area contributed by atoms with Gasteiger partial charge < -0.3 is 9.84 Å². The number of carbonyl (C=O) groups excluding carboxylic acids is 1. The lowest BCUT2D eigenvalue weighted by Gasteiger charge is -2.36. The lowest BCUT2D eigenvalue weighted by molar-refractivity contribution is -0.176. The van der Waals surface area contributed by atoms with Crippen molar-refractivity contribution in [1.82, 2.24) is 0 Å². The molecule has 3 unspecified atom stereocenters. The quantitative estimate of drug-likeness (QED) is 0.621. The molecule has 0 amide bonds. The van der Waals surface area contributed by atoms with Crippen LogP contribution in [0, 0.1) is 17.8 Å². The molecule has 18 heavy (non-hydrogen) atoms. The van der Waals surface area contributed by atoms with Gasteiger partial charge in [0.25, 0.3) is 0 Å². The van der Waals surface area contributed by atoms with Crippen molar-refractivity contribution in [2.24, 2.45) is 17.8 Å². The summed E-state index contributed by atoms with van der Waals surface area (Å²) in [5.74, 6) is 0.233. The number of rotatable bonds is 4. The number of carbonyl (C=O) groups is 1. The predicted molar refractivity (Wildman–Crippen MR) is 72.2 cm³/mol. The van der Waals surface area contributed by atoms with Crippen molar-refractivity contribution in [1.29, 1.82) is 0 Å². The first kappa shape index (κ1) is 15.5. The monoisotopic (exact) mass is 256 g/mol. The second-order valence-electron chi connectivity index (χ2n) is 5.95. The van der Waals surface area contributed by atoms with Gasteiger partial charge in [0, 0.05) is 0 Å². The van der Waals surface area contributed by atoms with Crippen molar-refractivity contribution < 1.29 is 14.6 Å². The maximum atomic E-state index is 12.0. The molecule has 1 fully saturated rings. The van der Waals surface area contributed by atoms with Crippen molar-refractivity contribution in [3.05, 3.63) is 0 Å². The van der Waals surface area contributed by atoms with Crippen LogP contribution >= 0.6 is 0 Å². The fourth-order valence-corrected chi connectivity index (χ4v) is 3.26. The number of methoxy groups -OCH3 is 1. The molecule has 0 bridgehead atoms. The lowest BCUT2D eigenvalue weighted by atomic mass is 9.74. The van der Waals surface area contributed by atoms with E-state index in [1.165, 1.54) is 20.0 Å². The summed E-state index contributed by atoms with van der Waals surface area (Å²) < 4.78 is 4.83. The van der Waals surface area contributed by atoms with E-state index in [1.807, 2.05) is 13.8 Å². The van der Waals surface area contributed by atoms with E-state index in [0.717, 1.165) is 31.6 Å². The predicted octanol–water partition coefficient (Wildman–Crippen LogP) is 3.15. The highest BCUT2D eigenvalue weighted by Gasteiger charge is 2.47. The lowest BCUT2D eigenvalue weighted by Crippen LogP contribution is -2.51. The minimum atomic E-state index is -1.31. The van der Waals surface area contributed by atoms with Crippen LogP contribution in [0.4, 0.5) is 0 Å². The minimum absolute atomic E-state index is 0.0431. The van der Waals surface area contributed by atoms with Crippen LogP contribution in [0.5, 0.6) is 0 Å². The van der Waals surface area contributed by atoms with Crippen LogP contribution in [-0.4, -0.2) is 23.8 Å². The third-order valence-electron chi connectivity index (χ3n) is 4.68. The number of ether oxygens (including phenoxy) is 1. The molecule has 1 aliphatic rings. The molecule has 1 aliphatic carbocycles. The summed E-state index contributed by atoms with van der Waals surface area (Å²) >= 11 is 0. The summed E-state index contributed by atoms with van der Waals surface area (Å²) in [6, 6.07) is 0. The molecule has 0 heterocycles. The van der Waals surface area contributed by atoms with Crippen LogP contribution in [0.1, 0.15) is 59.3 Å². The van der Waals surface area contributed by atoms with Crippen LogP contribution in [0.2, 0.25) is 0 Å². The van der Waals surface area contributed by atoms with E-state index < -0.39 is 11.6 Å². The smallest absolute Gasteiger partial charge is 0.338 e. The normalized spacial score (nSPS) is 28.6. The third kappa shape index (κ3) is 3.05. The second-order valence-corrected chi connectivity index (χ2v) is 5.95. The number of esters is 1. The Hall–Kier alpha value is -0.570. The molecule has 0 radical (unpaired) electrons. The first-order chi connectivity index (χ1) is 8.46. The van der Waals surface area contributed by atoms with Crippen molar-refractivity contribution in [2.75, 3.05) is 7.11 Å². The van der Waals surface area contributed by atoms with Crippen LogP contribution in [0.15, 0.2) is 0 Å². The molecule has 3 heteroatoms. The van der Waals surface area contributed by atoms with Gasteiger partial charge in [-0.15, -0.1) is 0 Å². The molecule has 0 aliphatic heterocycles. The van der Waals surface area contributed by atoms with Gasteiger partial charge in [0.05, 0.1) is 7.11 Å². The Balaban J connectivity index is 2.83. The number of hydrogen-bond acceptors (Lipinski definition) is 3. The van der Waals surface area contributed by atoms with Gasteiger partial charge in [0.1, 0.15) is 0 Å². The highest BCUT2D eigenvalue weighted by Crippen LogP contribution is 2.39. The van der Waals surface area contributed by atoms with E-state index in [4.69, 9.17) is 4.74 Å². The molecule has 0 aromatic heterocycles. The molecule has 0 aromatic rings. The summed E-state index contributed by atoms with van der Waals surface area (Å²) in [5, 5.41) is 10.8. The summed E-state index contributed by atoms with van der Waals surface area (Å²) in [4.78, 5) is 12.0. The maximum Gasteiger partial charge on any atom is 0.338 e. The Morgan fingerprint density at radius 2 is 2.00 bits per heavy atom. The fraction of sp³-hybridized carbons (Fsp3) is 0.933. The Morgan fingerprint density at radius 3 is 2.50 bits per heavy atom. The molecule has 106 valence electrons. The number of hydrogen-bond donors (Lipinski definition) is 1. The van der Waals surface area contributed by atoms with Gasteiger partial charge in [0.2, 0.25) is 0 Å². The van der Waals surface area contributed by atoms with E-state index in [9.17, 15) is 9.90 Å². The van der Waals surface area contributed by atoms with Crippen molar-refractivity contribution >= 4 is 5.97 Å². The molecular weight excluding hydrogens is 228 g/mol. The zero-order valence-corrected chi connectivity index (χ0v) is 12.2. The third-order valence-corrected chi connectivity index (χ3v) is 4.68. The van der Waals surface area contributed by atoms with E-state index in [1.54, 1.807) is 0 Å². The van der Waals surface area contributed by atoms with Crippen LogP contribution in [0.3, 0.4) is 0 Å². The first-order valence-corrected chi connectivity index (χ1v) is 7.27. The van der Waals surface area contributed by atoms with Gasteiger partial charge in [-0.05, 0) is 30.6 Å². The minimum Gasteiger partial charge on any atom is -0.467 e. The SMILES string of the molecule is CCC1CCCC(C(O)(C(=O)OC)C(C)C)CC1. The average molecular weight is 256 g/mol. The van der Waals surface area contributed by atoms with Crippen molar-refractivity contribution in [3.8, 4) is 0 Å². The van der Waals surface area contributed by atoms with Gasteiger partial charge >= 0.3 is 5.97 Å². The Bertz CT molecular complexity index is 275. The van der Waals surface area contributed by atoms with Crippen molar-refractivity contribution in [3.63, 3.8) is 0 Å². The molecule has 1 saturated carbocycles. The molecule has 1 N–H and O–H groups in total. The standard InChI is InChI=1S/C15H28O3/c1-5-12-7-6-8-13(10-9-12)15(17,11(2)3)14(16)18-4/h11-13,17H,5-10H2,1-4H3. The maximum absolute atomic E-state index is 12.0. The largest absolute Gasteiger partial charge is 0.467 e. The van der Waals surface area contributed by atoms with Crippen molar-refractivity contribution in [2.45, 2.75) is 64.9 Å².